The van der Waals surface area contributed by atoms with Crippen LogP contribution in [0.15, 0.2) is 29.4 Å². The maximum Gasteiger partial charge on any atom is 0.341 e. The van der Waals surface area contributed by atoms with Gasteiger partial charge < -0.3 is 24.7 Å². The van der Waals surface area contributed by atoms with Crippen LogP contribution in [0.5, 0.6) is 5.75 Å². The third-order valence-corrected chi connectivity index (χ3v) is 8.84. The summed E-state index contributed by atoms with van der Waals surface area (Å²) < 4.78 is 12.4. The molecule has 0 saturated carbocycles. The average Bonchev–Trinajstić information content (AvgIpc) is 3.65. The molecule has 3 aromatic rings. The number of anilines is 1. The number of unbranched alkanes of at least 4 members (excludes halogenated alkanes) is 1. The highest BCUT2D eigenvalue weighted by atomic mass is 32.2. The molecule has 2 amide bonds. The van der Waals surface area contributed by atoms with Crippen LogP contribution in [0, 0.1) is 0 Å². The van der Waals surface area contributed by atoms with Crippen molar-refractivity contribution in [3.05, 3.63) is 51.7 Å². The minimum atomic E-state index is -0.504. The summed E-state index contributed by atoms with van der Waals surface area (Å²) in [5, 5.41) is 15.2. The molecule has 0 aliphatic heterocycles. The molecular formula is C28H35N5O5S2. The van der Waals surface area contributed by atoms with E-state index in [-0.39, 0.29) is 25.0 Å². The van der Waals surface area contributed by atoms with Gasteiger partial charge in [0, 0.05) is 17.0 Å². The fraction of sp³-hybridized carbons (Fsp3) is 0.464. The van der Waals surface area contributed by atoms with Crippen LogP contribution >= 0.6 is 23.1 Å². The number of fused-ring (bicyclic) bond motifs is 1. The first-order chi connectivity index (χ1) is 19.4. The number of thiophene rings is 1. The number of thioether (sulfide) groups is 1. The van der Waals surface area contributed by atoms with Gasteiger partial charge in [-0.05, 0) is 63.3 Å². The lowest BCUT2D eigenvalue weighted by Crippen LogP contribution is -2.25. The zero-order valence-corrected chi connectivity index (χ0v) is 24.9. The van der Waals surface area contributed by atoms with Crippen LogP contribution in [-0.4, -0.2) is 51.5 Å². The molecule has 0 unspecified atom stereocenters. The third-order valence-electron chi connectivity index (χ3n) is 6.56. The Balaban J connectivity index is 1.45. The SMILES string of the molecule is CCCCn1c(CNC(=O)c2cccc(OC)c2)nnc1S[C@H](C)C(=O)Nc1sc2c(c1C(=O)OCC)CCC2. The van der Waals surface area contributed by atoms with Crippen molar-refractivity contribution >= 4 is 45.9 Å². The van der Waals surface area contributed by atoms with E-state index < -0.39 is 11.2 Å². The summed E-state index contributed by atoms with van der Waals surface area (Å²) in [7, 11) is 1.56. The molecule has 1 aromatic carbocycles. The lowest BCUT2D eigenvalue weighted by molar-refractivity contribution is -0.115. The Labute approximate surface area is 242 Å². The normalized spacial score (nSPS) is 13.0. The number of amides is 2. The second-order valence-electron chi connectivity index (χ2n) is 9.35. The first-order valence-electron chi connectivity index (χ1n) is 13.5. The van der Waals surface area contributed by atoms with Gasteiger partial charge in [-0.3, -0.25) is 9.59 Å². The number of aromatic nitrogens is 3. The molecule has 2 heterocycles. The van der Waals surface area contributed by atoms with E-state index in [1.807, 2.05) is 4.57 Å². The molecule has 2 N–H and O–H groups in total. The second kappa shape index (κ2) is 13.8. The van der Waals surface area contributed by atoms with Gasteiger partial charge in [-0.25, -0.2) is 4.79 Å². The molecule has 1 aliphatic rings. The summed E-state index contributed by atoms with van der Waals surface area (Å²) >= 11 is 2.76. The molecule has 0 spiro atoms. The van der Waals surface area contributed by atoms with Crippen molar-refractivity contribution in [2.45, 2.75) is 76.4 Å². The van der Waals surface area contributed by atoms with Gasteiger partial charge in [-0.15, -0.1) is 21.5 Å². The predicted octanol–water partition coefficient (Wildman–Crippen LogP) is 4.86. The van der Waals surface area contributed by atoms with E-state index in [4.69, 9.17) is 9.47 Å². The number of hydrogen-bond donors (Lipinski definition) is 2. The molecular weight excluding hydrogens is 550 g/mol. The van der Waals surface area contributed by atoms with Crippen molar-refractivity contribution in [2.75, 3.05) is 19.0 Å². The number of esters is 1. The topological polar surface area (TPSA) is 124 Å². The summed E-state index contributed by atoms with van der Waals surface area (Å²) in [4.78, 5) is 39.8. The van der Waals surface area contributed by atoms with Crippen molar-refractivity contribution in [1.29, 1.82) is 0 Å². The average molecular weight is 586 g/mol. The first-order valence-corrected chi connectivity index (χ1v) is 15.2. The quantitative estimate of drug-likeness (QED) is 0.215. The minimum absolute atomic E-state index is 0.192. The monoisotopic (exact) mass is 585 g/mol. The molecule has 1 aliphatic carbocycles. The zero-order valence-electron chi connectivity index (χ0n) is 23.2. The van der Waals surface area contributed by atoms with E-state index in [1.165, 1.54) is 23.1 Å². The van der Waals surface area contributed by atoms with Crippen molar-refractivity contribution in [3.8, 4) is 5.75 Å². The number of benzene rings is 1. The van der Waals surface area contributed by atoms with Crippen LogP contribution in [0.4, 0.5) is 5.00 Å². The van der Waals surface area contributed by atoms with Gasteiger partial charge in [-0.2, -0.15) is 0 Å². The summed E-state index contributed by atoms with van der Waals surface area (Å²) in [5.41, 5.74) is 1.98. The standard InChI is InChI=1S/C28H35N5O5S2/c1-5-7-14-33-22(16-29-25(35)18-10-8-11-19(15-18)37-4)31-32-28(33)39-17(3)24(34)30-26-23(27(36)38-6-2)20-12-9-13-21(20)40-26/h8,10-11,15,17H,5-7,9,12-14,16H2,1-4H3,(H,29,35)(H,30,34)/t17-/m1/s1. The highest BCUT2D eigenvalue weighted by molar-refractivity contribution is 8.00. The summed E-state index contributed by atoms with van der Waals surface area (Å²) in [5.74, 6) is 0.349. The fourth-order valence-electron chi connectivity index (χ4n) is 4.44. The largest absolute Gasteiger partial charge is 0.497 e. The number of rotatable bonds is 13. The number of methoxy groups -OCH3 is 1. The lowest BCUT2D eigenvalue weighted by Gasteiger charge is -2.14. The zero-order chi connectivity index (χ0) is 28.6. The van der Waals surface area contributed by atoms with Crippen molar-refractivity contribution in [3.63, 3.8) is 0 Å². The molecule has 0 bridgehead atoms. The highest BCUT2D eigenvalue weighted by Crippen LogP contribution is 2.40. The molecule has 2 aromatic heterocycles. The van der Waals surface area contributed by atoms with E-state index in [0.717, 1.165) is 42.5 Å². The fourth-order valence-corrected chi connectivity index (χ4v) is 6.61. The van der Waals surface area contributed by atoms with Crippen LogP contribution in [-0.2, 0) is 35.5 Å². The molecule has 40 heavy (non-hydrogen) atoms. The number of ether oxygens (including phenoxy) is 2. The first kappa shape index (κ1) is 29.6. The molecule has 12 heteroatoms. The smallest absolute Gasteiger partial charge is 0.341 e. The number of carbonyl (C=O) groups excluding carboxylic acids is 3. The van der Waals surface area contributed by atoms with Crippen molar-refractivity contribution < 1.29 is 23.9 Å². The van der Waals surface area contributed by atoms with Gasteiger partial charge >= 0.3 is 5.97 Å². The Morgan fingerprint density at radius 2 is 2.02 bits per heavy atom. The molecule has 0 radical (unpaired) electrons. The van der Waals surface area contributed by atoms with Gasteiger partial charge in [0.2, 0.25) is 5.91 Å². The second-order valence-corrected chi connectivity index (χ2v) is 11.8. The molecule has 214 valence electrons. The number of aryl methyl sites for hydroxylation is 1. The highest BCUT2D eigenvalue weighted by Gasteiger charge is 2.29. The van der Waals surface area contributed by atoms with Gasteiger partial charge in [0.1, 0.15) is 10.8 Å². The van der Waals surface area contributed by atoms with E-state index in [9.17, 15) is 14.4 Å². The summed E-state index contributed by atoms with van der Waals surface area (Å²) in [6.07, 6.45) is 4.59. The third kappa shape index (κ3) is 6.84. The van der Waals surface area contributed by atoms with Crippen LogP contribution in [0.1, 0.15) is 77.0 Å². The van der Waals surface area contributed by atoms with E-state index in [0.29, 0.717) is 39.4 Å². The molecule has 10 nitrogen and oxygen atoms in total. The van der Waals surface area contributed by atoms with Gasteiger partial charge in [0.05, 0.1) is 31.1 Å². The Morgan fingerprint density at radius 1 is 1.20 bits per heavy atom. The predicted molar refractivity (Wildman–Crippen MR) is 155 cm³/mol. The van der Waals surface area contributed by atoms with Gasteiger partial charge in [0.25, 0.3) is 5.91 Å². The molecule has 0 fully saturated rings. The maximum absolute atomic E-state index is 13.2. The molecule has 4 rings (SSSR count). The Morgan fingerprint density at radius 3 is 2.77 bits per heavy atom. The van der Waals surface area contributed by atoms with E-state index in [2.05, 4.69) is 27.8 Å². The Hall–Kier alpha value is -3.38. The molecule has 0 saturated heterocycles. The summed E-state index contributed by atoms with van der Waals surface area (Å²) in [6.45, 7) is 6.80. The van der Waals surface area contributed by atoms with Gasteiger partial charge in [0.15, 0.2) is 11.0 Å². The van der Waals surface area contributed by atoms with E-state index in [1.54, 1.807) is 45.2 Å². The Kier molecular flexibility index (Phi) is 10.2. The maximum atomic E-state index is 13.2. The lowest BCUT2D eigenvalue weighted by atomic mass is 10.1. The minimum Gasteiger partial charge on any atom is -0.497 e. The van der Waals surface area contributed by atoms with Gasteiger partial charge in [-0.1, -0.05) is 31.2 Å². The number of nitrogens with zero attached hydrogens (tertiary/aromatic N) is 3. The van der Waals surface area contributed by atoms with Crippen molar-refractivity contribution in [2.24, 2.45) is 0 Å². The van der Waals surface area contributed by atoms with Crippen LogP contribution in [0.2, 0.25) is 0 Å². The summed E-state index contributed by atoms with van der Waals surface area (Å²) in [6, 6.07) is 6.94. The van der Waals surface area contributed by atoms with Crippen molar-refractivity contribution in [1.82, 2.24) is 20.1 Å². The number of hydrogen-bond acceptors (Lipinski definition) is 9. The molecule has 1 atom stereocenters. The number of nitrogens with one attached hydrogen (secondary N) is 2. The Bertz CT molecular complexity index is 1370. The van der Waals surface area contributed by atoms with Crippen LogP contribution < -0.4 is 15.4 Å². The number of carbonyl (C=O) groups is 3. The van der Waals surface area contributed by atoms with Crippen LogP contribution in [0.25, 0.3) is 0 Å². The van der Waals surface area contributed by atoms with E-state index >= 15 is 0 Å². The van der Waals surface area contributed by atoms with Crippen LogP contribution in [0.3, 0.4) is 0 Å².